The molecular formula is C12H20N2O. The molecule has 0 aromatic carbocycles. The van der Waals surface area contributed by atoms with Crippen molar-refractivity contribution < 1.29 is 4.42 Å². The normalized spacial score (nSPS) is 19.7. The van der Waals surface area contributed by atoms with E-state index >= 15 is 0 Å². The van der Waals surface area contributed by atoms with Crippen molar-refractivity contribution >= 4 is 0 Å². The highest BCUT2D eigenvalue weighted by molar-refractivity contribution is 5.15. The fourth-order valence-corrected chi connectivity index (χ4v) is 2.41. The van der Waals surface area contributed by atoms with Crippen LogP contribution in [0.3, 0.4) is 0 Å². The molecule has 0 radical (unpaired) electrons. The molecule has 0 saturated heterocycles. The van der Waals surface area contributed by atoms with E-state index in [2.05, 4.69) is 4.98 Å². The third-order valence-corrected chi connectivity index (χ3v) is 3.12. The van der Waals surface area contributed by atoms with Gasteiger partial charge in [-0.2, -0.15) is 0 Å². The monoisotopic (exact) mass is 208 g/mol. The third-order valence-electron chi connectivity index (χ3n) is 3.12. The van der Waals surface area contributed by atoms with E-state index in [0.29, 0.717) is 5.92 Å². The Morgan fingerprint density at radius 1 is 1.47 bits per heavy atom. The summed E-state index contributed by atoms with van der Waals surface area (Å²) in [7, 11) is 0. The van der Waals surface area contributed by atoms with Crippen LogP contribution in [0, 0.1) is 6.92 Å². The molecule has 1 aliphatic carbocycles. The molecule has 15 heavy (non-hydrogen) atoms. The molecule has 3 heteroatoms. The van der Waals surface area contributed by atoms with E-state index in [9.17, 15) is 0 Å². The van der Waals surface area contributed by atoms with Gasteiger partial charge in [0.05, 0.1) is 5.69 Å². The van der Waals surface area contributed by atoms with Gasteiger partial charge in [-0.1, -0.05) is 12.8 Å². The van der Waals surface area contributed by atoms with Crippen molar-refractivity contribution in [2.75, 3.05) is 0 Å². The van der Waals surface area contributed by atoms with Crippen LogP contribution in [0.4, 0.5) is 0 Å². The third kappa shape index (κ3) is 2.40. The van der Waals surface area contributed by atoms with E-state index < -0.39 is 0 Å². The minimum Gasteiger partial charge on any atom is -0.446 e. The standard InChI is InChI=1S/C12H20N2O/c1-8(13)7-11-14-12(9(2)15-11)10-5-3-4-6-10/h8,10H,3-7,13H2,1-2H3. The zero-order valence-electron chi connectivity index (χ0n) is 9.62. The van der Waals surface area contributed by atoms with Gasteiger partial charge in [0, 0.05) is 18.4 Å². The molecule has 0 amide bonds. The molecule has 1 fully saturated rings. The zero-order chi connectivity index (χ0) is 10.8. The van der Waals surface area contributed by atoms with Crippen molar-refractivity contribution in [2.45, 2.75) is 57.9 Å². The van der Waals surface area contributed by atoms with Gasteiger partial charge in [-0.15, -0.1) is 0 Å². The van der Waals surface area contributed by atoms with Crippen LogP contribution in [-0.4, -0.2) is 11.0 Å². The highest BCUT2D eigenvalue weighted by atomic mass is 16.4. The average molecular weight is 208 g/mol. The smallest absolute Gasteiger partial charge is 0.196 e. The molecular weight excluding hydrogens is 188 g/mol. The molecule has 3 nitrogen and oxygen atoms in total. The summed E-state index contributed by atoms with van der Waals surface area (Å²) in [5.74, 6) is 2.44. The Bertz CT molecular complexity index is 324. The summed E-state index contributed by atoms with van der Waals surface area (Å²) in [5.41, 5.74) is 6.92. The quantitative estimate of drug-likeness (QED) is 0.830. The number of oxazole rings is 1. The van der Waals surface area contributed by atoms with Crippen LogP contribution in [0.25, 0.3) is 0 Å². The number of hydrogen-bond acceptors (Lipinski definition) is 3. The van der Waals surface area contributed by atoms with Gasteiger partial charge in [-0.25, -0.2) is 4.98 Å². The largest absolute Gasteiger partial charge is 0.446 e. The molecule has 1 unspecified atom stereocenters. The van der Waals surface area contributed by atoms with Crippen LogP contribution in [-0.2, 0) is 6.42 Å². The lowest BCUT2D eigenvalue weighted by Crippen LogP contribution is -2.17. The summed E-state index contributed by atoms with van der Waals surface area (Å²) in [4.78, 5) is 4.59. The van der Waals surface area contributed by atoms with E-state index in [1.807, 2.05) is 13.8 Å². The predicted octanol–water partition coefficient (Wildman–Crippen LogP) is 2.53. The van der Waals surface area contributed by atoms with Crippen molar-refractivity contribution in [1.29, 1.82) is 0 Å². The van der Waals surface area contributed by atoms with Crippen LogP contribution < -0.4 is 5.73 Å². The van der Waals surface area contributed by atoms with Crippen LogP contribution >= 0.6 is 0 Å². The Morgan fingerprint density at radius 3 is 2.73 bits per heavy atom. The summed E-state index contributed by atoms with van der Waals surface area (Å²) >= 11 is 0. The van der Waals surface area contributed by atoms with Gasteiger partial charge in [0.15, 0.2) is 5.89 Å². The summed E-state index contributed by atoms with van der Waals surface area (Å²) in [5, 5.41) is 0. The van der Waals surface area contributed by atoms with Crippen molar-refractivity contribution in [3.05, 3.63) is 17.3 Å². The molecule has 2 N–H and O–H groups in total. The van der Waals surface area contributed by atoms with Crippen LogP contribution in [0.1, 0.15) is 55.9 Å². The van der Waals surface area contributed by atoms with Gasteiger partial charge < -0.3 is 10.2 Å². The molecule has 1 heterocycles. The molecule has 0 bridgehead atoms. The van der Waals surface area contributed by atoms with Gasteiger partial charge in [0.25, 0.3) is 0 Å². The van der Waals surface area contributed by atoms with Crippen LogP contribution in [0.15, 0.2) is 4.42 Å². The minimum atomic E-state index is 0.125. The maximum atomic E-state index is 5.74. The first kappa shape index (κ1) is 10.7. The molecule has 1 saturated carbocycles. The molecule has 0 aliphatic heterocycles. The summed E-state index contributed by atoms with van der Waals surface area (Å²) in [6, 6.07) is 0.125. The van der Waals surface area contributed by atoms with Gasteiger partial charge >= 0.3 is 0 Å². The zero-order valence-corrected chi connectivity index (χ0v) is 9.62. The lowest BCUT2D eigenvalue weighted by atomic mass is 10.0. The second-order valence-corrected chi connectivity index (χ2v) is 4.71. The Morgan fingerprint density at radius 2 is 2.13 bits per heavy atom. The van der Waals surface area contributed by atoms with Gasteiger partial charge in [-0.05, 0) is 26.7 Å². The fourth-order valence-electron chi connectivity index (χ4n) is 2.41. The fraction of sp³-hybridized carbons (Fsp3) is 0.750. The number of hydrogen-bond donors (Lipinski definition) is 1. The molecule has 1 aromatic heterocycles. The lowest BCUT2D eigenvalue weighted by molar-refractivity contribution is 0.455. The molecule has 1 aliphatic rings. The number of rotatable bonds is 3. The summed E-state index contributed by atoms with van der Waals surface area (Å²) < 4.78 is 5.65. The number of nitrogens with zero attached hydrogens (tertiary/aromatic N) is 1. The van der Waals surface area contributed by atoms with E-state index in [0.717, 1.165) is 18.1 Å². The molecule has 1 atom stereocenters. The molecule has 84 valence electrons. The SMILES string of the molecule is Cc1oc(CC(C)N)nc1C1CCCC1. The number of aryl methyl sites for hydroxylation is 1. The van der Waals surface area contributed by atoms with Crippen molar-refractivity contribution in [3.63, 3.8) is 0 Å². The van der Waals surface area contributed by atoms with Gasteiger partial charge in [-0.3, -0.25) is 0 Å². The first-order chi connectivity index (χ1) is 7.16. The van der Waals surface area contributed by atoms with Gasteiger partial charge in [0.1, 0.15) is 5.76 Å². The average Bonchev–Trinajstić information content (AvgIpc) is 2.72. The summed E-state index contributed by atoms with van der Waals surface area (Å²) in [6.45, 7) is 4.00. The van der Waals surface area contributed by atoms with E-state index in [1.165, 1.54) is 31.4 Å². The summed E-state index contributed by atoms with van der Waals surface area (Å²) in [6.07, 6.45) is 5.95. The molecule has 2 rings (SSSR count). The van der Waals surface area contributed by atoms with Crippen molar-refractivity contribution in [3.8, 4) is 0 Å². The molecule has 1 aromatic rings. The first-order valence-electron chi connectivity index (χ1n) is 5.88. The van der Waals surface area contributed by atoms with Crippen molar-refractivity contribution in [1.82, 2.24) is 4.98 Å². The Hall–Kier alpha value is -0.830. The predicted molar refractivity (Wildman–Crippen MR) is 59.8 cm³/mol. The maximum absolute atomic E-state index is 5.74. The second-order valence-electron chi connectivity index (χ2n) is 4.71. The Balaban J connectivity index is 2.13. The van der Waals surface area contributed by atoms with Gasteiger partial charge in [0.2, 0.25) is 0 Å². The number of aromatic nitrogens is 1. The highest BCUT2D eigenvalue weighted by Gasteiger charge is 2.23. The Labute approximate surface area is 91.1 Å². The van der Waals surface area contributed by atoms with Crippen LogP contribution in [0.2, 0.25) is 0 Å². The maximum Gasteiger partial charge on any atom is 0.196 e. The van der Waals surface area contributed by atoms with E-state index in [4.69, 9.17) is 10.2 Å². The topological polar surface area (TPSA) is 52.0 Å². The number of nitrogens with two attached hydrogens (primary N) is 1. The Kier molecular flexibility index (Phi) is 3.10. The van der Waals surface area contributed by atoms with Crippen molar-refractivity contribution in [2.24, 2.45) is 5.73 Å². The highest BCUT2D eigenvalue weighted by Crippen LogP contribution is 2.35. The van der Waals surface area contributed by atoms with E-state index in [-0.39, 0.29) is 6.04 Å². The first-order valence-corrected chi connectivity index (χ1v) is 5.88. The molecule has 0 spiro atoms. The lowest BCUT2D eigenvalue weighted by Gasteiger charge is -2.04. The van der Waals surface area contributed by atoms with Crippen LogP contribution in [0.5, 0.6) is 0 Å². The second kappa shape index (κ2) is 4.35. The minimum absolute atomic E-state index is 0.125. The van der Waals surface area contributed by atoms with E-state index in [1.54, 1.807) is 0 Å².